The van der Waals surface area contributed by atoms with Gasteiger partial charge in [-0.1, -0.05) is 32.0 Å². The Morgan fingerprint density at radius 1 is 1.29 bits per heavy atom. The van der Waals surface area contributed by atoms with Crippen LogP contribution in [0.5, 0.6) is 0 Å². The monoisotopic (exact) mass is 203 g/mol. The van der Waals surface area contributed by atoms with E-state index in [4.69, 9.17) is 0 Å². The lowest BCUT2D eigenvalue weighted by Crippen LogP contribution is -1.89. The lowest BCUT2D eigenvalue weighted by atomic mass is 10.0. The molecule has 0 nitrogen and oxygen atoms in total. The molecule has 0 amide bonds. The second kappa shape index (κ2) is 3.74. The number of rotatable bonds is 2. The van der Waals surface area contributed by atoms with Gasteiger partial charge in [-0.25, -0.2) is 0 Å². The van der Waals surface area contributed by atoms with Crippen molar-refractivity contribution in [3.8, 4) is 0 Å². The topological polar surface area (TPSA) is 0 Å². The van der Waals surface area contributed by atoms with Gasteiger partial charge in [-0.15, -0.1) is 11.3 Å². The highest BCUT2D eigenvalue weighted by molar-refractivity contribution is 7.19. The maximum absolute atomic E-state index is 2.26. The standard InChI is InChI=1S/C13H15S/c1-4-9(2)13-10(3)11-7-5-6-8-12(11)14-13/h4-9H,1-3H3. The molecule has 1 aromatic carbocycles. The van der Waals surface area contributed by atoms with Crippen LogP contribution in [0.4, 0.5) is 0 Å². The van der Waals surface area contributed by atoms with E-state index >= 15 is 0 Å². The molecule has 0 fully saturated rings. The van der Waals surface area contributed by atoms with Crippen LogP contribution in [0.3, 0.4) is 0 Å². The van der Waals surface area contributed by atoms with E-state index in [1.807, 2.05) is 11.3 Å². The van der Waals surface area contributed by atoms with Crippen molar-refractivity contribution in [2.24, 2.45) is 0 Å². The number of thiophene rings is 1. The van der Waals surface area contributed by atoms with Crippen LogP contribution in [0, 0.1) is 13.3 Å². The summed E-state index contributed by atoms with van der Waals surface area (Å²) in [5.74, 6) is 0.576. The molecule has 0 saturated carbocycles. The number of fused-ring (bicyclic) bond motifs is 1. The van der Waals surface area contributed by atoms with E-state index in [9.17, 15) is 0 Å². The Labute approximate surface area is 89.6 Å². The molecule has 1 aromatic heterocycles. The van der Waals surface area contributed by atoms with Crippen molar-refractivity contribution in [1.29, 1.82) is 0 Å². The van der Waals surface area contributed by atoms with Gasteiger partial charge in [0.15, 0.2) is 0 Å². The van der Waals surface area contributed by atoms with E-state index in [2.05, 4.69) is 51.5 Å². The van der Waals surface area contributed by atoms with Crippen LogP contribution in [0.1, 0.15) is 30.2 Å². The van der Waals surface area contributed by atoms with Crippen LogP contribution >= 0.6 is 11.3 Å². The Balaban J connectivity index is 2.62. The Hall–Kier alpha value is -0.820. The predicted molar refractivity (Wildman–Crippen MR) is 65.0 cm³/mol. The van der Waals surface area contributed by atoms with Crippen molar-refractivity contribution in [3.05, 3.63) is 41.1 Å². The molecule has 1 unspecified atom stereocenters. The van der Waals surface area contributed by atoms with E-state index in [0.29, 0.717) is 5.92 Å². The number of aryl methyl sites for hydroxylation is 1. The average Bonchev–Trinajstić information content (AvgIpc) is 2.56. The molecule has 0 N–H and O–H groups in total. The van der Waals surface area contributed by atoms with Crippen molar-refractivity contribution in [1.82, 2.24) is 0 Å². The normalized spacial score (nSPS) is 13.4. The summed E-state index contributed by atoms with van der Waals surface area (Å²) in [7, 11) is 0. The largest absolute Gasteiger partial charge is 0.140 e. The molecule has 2 aromatic rings. The van der Waals surface area contributed by atoms with Crippen LogP contribution in [0.2, 0.25) is 0 Å². The fourth-order valence-corrected chi connectivity index (χ4v) is 3.08. The van der Waals surface area contributed by atoms with E-state index in [1.165, 1.54) is 20.5 Å². The second-order valence-corrected chi connectivity index (χ2v) is 4.79. The van der Waals surface area contributed by atoms with Crippen molar-refractivity contribution < 1.29 is 0 Å². The van der Waals surface area contributed by atoms with Crippen LogP contribution in [0.25, 0.3) is 10.1 Å². The highest BCUT2D eigenvalue weighted by Crippen LogP contribution is 2.36. The first-order valence-electron chi connectivity index (χ1n) is 5.01. The Morgan fingerprint density at radius 2 is 2.00 bits per heavy atom. The zero-order valence-corrected chi connectivity index (χ0v) is 9.69. The lowest BCUT2D eigenvalue weighted by Gasteiger charge is -2.05. The molecular formula is C13H15S. The maximum atomic E-state index is 2.26. The molecule has 0 saturated heterocycles. The van der Waals surface area contributed by atoms with Crippen molar-refractivity contribution >= 4 is 21.4 Å². The zero-order chi connectivity index (χ0) is 10.1. The van der Waals surface area contributed by atoms with Gasteiger partial charge in [0.1, 0.15) is 0 Å². The summed E-state index contributed by atoms with van der Waals surface area (Å²) >= 11 is 1.93. The third-order valence-corrected chi connectivity index (χ3v) is 4.27. The summed E-state index contributed by atoms with van der Waals surface area (Å²) in [4.78, 5) is 1.51. The minimum absolute atomic E-state index is 0.576. The minimum atomic E-state index is 0.576. The number of hydrogen-bond acceptors (Lipinski definition) is 1. The summed E-state index contributed by atoms with van der Waals surface area (Å²) in [5, 5.41) is 1.42. The Bertz CT molecular complexity index is 439. The van der Waals surface area contributed by atoms with Gasteiger partial charge in [0.25, 0.3) is 0 Å². The van der Waals surface area contributed by atoms with Crippen molar-refractivity contribution in [2.45, 2.75) is 26.7 Å². The second-order valence-electron chi connectivity index (χ2n) is 3.71. The Morgan fingerprint density at radius 3 is 2.64 bits per heavy atom. The molecule has 1 atom stereocenters. The zero-order valence-electron chi connectivity index (χ0n) is 8.87. The molecule has 2 rings (SSSR count). The molecule has 73 valence electrons. The quantitative estimate of drug-likeness (QED) is 0.672. The first-order chi connectivity index (χ1) is 6.74. The molecule has 1 radical (unpaired) electrons. The molecule has 0 aliphatic carbocycles. The lowest BCUT2D eigenvalue weighted by molar-refractivity contribution is 0.903. The predicted octanol–water partition coefficient (Wildman–Crippen LogP) is 4.54. The number of benzene rings is 1. The number of hydrogen-bond donors (Lipinski definition) is 0. The van der Waals surface area contributed by atoms with Crippen molar-refractivity contribution in [3.63, 3.8) is 0 Å². The fraction of sp³-hybridized carbons (Fsp3) is 0.308. The van der Waals surface area contributed by atoms with Crippen LogP contribution < -0.4 is 0 Å². The summed E-state index contributed by atoms with van der Waals surface area (Å²) in [5.41, 5.74) is 1.45. The third-order valence-electron chi connectivity index (χ3n) is 2.79. The smallest absolute Gasteiger partial charge is 0.0348 e. The maximum Gasteiger partial charge on any atom is 0.0348 e. The molecule has 14 heavy (non-hydrogen) atoms. The average molecular weight is 203 g/mol. The van der Waals surface area contributed by atoms with Gasteiger partial charge in [-0.05, 0) is 36.3 Å². The van der Waals surface area contributed by atoms with Gasteiger partial charge in [-0.2, -0.15) is 0 Å². The van der Waals surface area contributed by atoms with Crippen LogP contribution in [-0.2, 0) is 0 Å². The third kappa shape index (κ3) is 1.46. The Kier molecular flexibility index (Phi) is 2.60. The first kappa shape index (κ1) is 9.72. The van der Waals surface area contributed by atoms with E-state index in [0.717, 1.165) is 0 Å². The summed E-state index contributed by atoms with van der Waals surface area (Å²) in [6, 6.07) is 8.65. The summed E-state index contributed by atoms with van der Waals surface area (Å²) in [6.45, 7) is 6.63. The van der Waals surface area contributed by atoms with Gasteiger partial charge in [-0.3, -0.25) is 0 Å². The minimum Gasteiger partial charge on any atom is -0.140 e. The molecule has 1 heteroatoms. The van der Waals surface area contributed by atoms with Gasteiger partial charge in [0.2, 0.25) is 0 Å². The molecule has 0 aliphatic heterocycles. The molecule has 0 bridgehead atoms. The van der Waals surface area contributed by atoms with Gasteiger partial charge in [0, 0.05) is 9.58 Å². The molecule has 0 aliphatic rings. The van der Waals surface area contributed by atoms with Gasteiger partial charge in [0.05, 0.1) is 0 Å². The molecule has 0 spiro atoms. The van der Waals surface area contributed by atoms with E-state index in [1.54, 1.807) is 0 Å². The van der Waals surface area contributed by atoms with E-state index < -0.39 is 0 Å². The molecule has 1 heterocycles. The SMILES string of the molecule is C[CH]C(C)c1sc2ccccc2c1C. The van der Waals surface area contributed by atoms with Gasteiger partial charge >= 0.3 is 0 Å². The fourth-order valence-electron chi connectivity index (χ4n) is 1.78. The summed E-state index contributed by atoms with van der Waals surface area (Å²) < 4.78 is 1.41. The van der Waals surface area contributed by atoms with Gasteiger partial charge < -0.3 is 0 Å². The highest BCUT2D eigenvalue weighted by Gasteiger charge is 2.12. The molecular weight excluding hydrogens is 188 g/mol. The van der Waals surface area contributed by atoms with Crippen molar-refractivity contribution in [2.75, 3.05) is 0 Å². The highest BCUT2D eigenvalue weighted by atomic mass is 32.1. The van der Waals surface area contributed by atoms with E-state index in [-0.39, 0.29) is 0 Å². The first-order valence-corrected chi connectivity index (χ1v) is 5.83. The van der Waals surface area contributed by atoms with Crippen LogP contribution in [-0.4, -0.2) is 0 Å². The van der Waals surface area contributed by atoms with Crippen LogP contribution in [0.15, 0.2) is 24.3 Å². The summed E-state index contributed by atoms with van der Waals surface area (Å²) in [6.07, 6.45) is 2.26.